The topological polar surface area (TPSA) is 36.4 Å². The summed E-state index contributed by atoms with van der Waals surface area (Å²) in [5.41, 5.74) is 1.04. The number of nitrogens with zero attached hydrogens (tertiary/aromatic N) is 1. The van der Waals surface area contributed by atoms with Gasteiger partial charge in [-0.05, 0) is 55.4 Å². The number of aryl methyl sites for hydroxylation is 1. The summed E-state index contributed by atoms with van der Waals surface area (Å²) in [7, 11) is 1.78. The van der Waals surface area contributed by atoms with Crippen molar-refractivity contribution in [2.75, 3.05) is 32.1 Å². The number of hydrogen-bond acceptors (Lipinski definition) is 2. The van der Waals surface area contributed by atoms with E-state index in [1.807, 2.05) is 17.8 Å². The van der Waals surface area contributed by atoms with E-state index in [9.17, 15) is 4.39 Å². The molecular formula is C16H27FIN3S. The molecule has 0 spiro atoms. The highest BCUT2D eigenvalue weighted by atomic mass is 127. The smallest absolute Gasteiger partial charge is 0.190 e. The number of unbranched alkanes of at least 4 members (excludes halogenated alkanes) is 1. The Kier molecular flexibility index (Phi) is 13.8. The maximum absolute atomic E-state index is 13.0. The van der Waals surface area contributed by atoms with Gasteiger partial charge in [0.1, 0.15) is 5.82 Å². The monoisotopic (exact) mass is 439 g/mol. The van der Waals surface area contributed by atoms with E-state index in [2.05, 4.69) is 21.9 Å². The number of thioether (sulfide) groups is 1. The quantitative estimate of drug-likeness (QED) is 0.267. The van der Waals surface area contributed by atoms with Crippen LogP contribution < -0.4 is 10.6 Å². The number of guanidine groups is 1. The predicted octanol–water partition coefficient (Wildman–Crippen LogP) is 3.68. The Bertz CT molecular complexity index is 430. The van der Waals surface area contributed by atoms with Gasteiger partial charge in [0.05, 0.1) is 0 Å². The number of rotatable bonds is 9. The summed E-state index contributed by atoms with van der Waals surface area (Å²) >= 11 is 1.88. The first-order chi connectivity index (χ1) is 10.3. The van der Waals surface area contributed by atoms with Crippen LogP contribution in [0.15, 0.2) is 29.3 Å². The number of aliphatic imine (C=N–C) groups is 1. The molecule has 0 aromatic heterocycles. The fraction of sp³-hybridized carbons (Fsp3) is 0.562. The van der Waals surface area contributed by atoms with Crippen molar-refractivity contribution in [2.24, 2.45) is 4.99 Å². The van der Waals surface area contributed by atoms with Crippen molar-refractivity contribution >= 4 is 41.7 Å². The molecule has 0 heterocycles. The third-order valence-corrected chi connectivity index (χ3v) is 3.81. The van der Waals surface area contributed by atoms with Crippen LogP contribution in [0, 0.1) is 5.82 Å². The van der Waals surface area contributed by atoms with Gasteiger partial charge in [-0.1, -0.05) is 12.1 Å². The summed E-state index contributed by atoms with van der Waals surface area (Å²) in [5, 5.41) is 6.59. The fourth-order valence-electron chi connectivity index (χ4n) is 1.99. The van der Waals surface area contributed by atoms with E-state index in [1.165, 1.54) is 18.2 Å². The van der Waals surface area contributed by atoms with Crippen LogP contribution in [0.3, 0.4) is 0 Å². The lowest BCUT2D eigenvalue weighted by Crippen LogP contribution is -2.38. The third kappa shape index (κ3) is 10.3. The molecule has 0 fully saturated rings. The van der Waals surface area contributed by atoms with Gasteiger partial charge in [0.15, 0.2) is 5.96 Å². The lowest BCUT2D eigenvalue weighted by Gasteiger charge is -2.11. The van der Waals surface area contributed by atoms with Gasteiger partial charge in [0.25, 0.3) is 0 Å². The second-order valence-corrected chi connectivity index (χ2v) is 5.84. The summed E-state index contributed by atoms with van der Waals surface area (Å²) in [5.74, 6) is 1.89. The fourth-order valence-corrected chi connectivity index (χ4v) is 2.48. The first-order valence-corrected chi connectivity index (χ1v) is 8.83. The first kappa shape index (κ1) is 21.5. The number of nitrogens with one attached hydrogen (secondary N) is 2. The molecule has 0 aliphatic heterocycles. The van der Waals surface area contributed by atoms with Crippen LogP contribution in [-0.2, 0) is 6.42 Å². The minimum Gasteiger partial charge on any atom is -0.356 e. The van der Waals surface area contributed by atoms with Crippen molar-refractivity contribution in [3.05, 3.63) is 35.6 Å². The van der Waals surface area contributed by atoms with Crippen LogP contribution in [0.5, 0.6) is 0 Å². The van der Waals surface area contributed by atoms with E-state index >= 15 is 0 Å². The maximum Gasteiger partial charge on any atom is 0.190 e. The molecule has 1 aromatic carbocycles. The molecule has 1 rings (SSSR count). The summed E-state index contributed by atoms with van der Waals surface area (Å²) in [4.78, 5) is 4.19. The van der Waals surface area contributed by atoms with Gasteiger partial charge >= 0.3 is 0 Å². The Balaban J connectivity index is 0.00000441. The highest BCUT2D eigenvalue weighted by Crippen LogP contribution is 2.05. The van der Waals surface area contributed by atoms with Gasteiger partial charge in [-0.2, -0.15) is 11.8 Å². The molecule has 0 saturated carbocycles. The average Bonchev–Trinajstić information content (AvgIpc) is 2.49. The Morgan fingerprint density at radius 2 is 1.91 bits per heavy atom. The molecule has 0 unspecified atom stereocenters. The van der Waals surface area contributed by atoms with Gasteiger partial charge < -0.3 is 10.6 Å². The molecule has 0 bridgehead atoms. The summed E-state index contributed by atoms with van der Waals surface area (Å²) in [6, 6.07) is 6.79. The third-order valence-electron chi connectivity index (χ3n) is 3.11. The van der Waals surface area contributed by atoms with E-state index < -0.39 is 0 Å². The zero-order chi connectivity index (χ0) is 15.3. The average molecular weight is 439 g/mol. The van der Waals surface area contributed by atoms with Gasteiger partial charge in [0, 0.05) is 20.1 Å². The molecular weight excluding hydrogens is 412 g/mol. The van der Waals surface area contributed by atoms with Gasteiger partial charge in [-0.3, -0.25) is 4.99 Å². The van der Waals surface area contributed by atoms with E-state index in [-0.39, 0.29) is 29.8 Å². The number of hydrogen-bond donors (Lipinski definition) is 2. The molecule has 0 radical (unpaired) electrons. The molecule has 3 nitrogen and oxygen atoms in total. The van der Waals surface area contributed by atoms with Crippen molar-refractivity contribution in [3.63, 3.8) is 0 Å². The van der Waals surface area contributed by atoms with E-state index in [0.29, 0.717) is 0 Å². The molecule has 0 aliphatic carbocycles. The second-order valence-electron chi connectivity index (χ2n) is 4.86. The van der Waals surface area contributed by atoms with Crippen LogP contribution in [0.1, 0.15) is 24.8 Å². The highest BCUT2D eigenvalue weighted by Gasteiger charge is 1.98. The van der Waals surface area contributed by atoms with Crippen molar-refractivity contribution in [3.8, 4) is 0 Å². The van der Waals surface area contributed by atoms with Crippen LogP contribution in [0.25, 0.3) is 0 Å². The summed E-state index contributed by atoms with van der Waals surface area (Å²) in [6.07, 6.45) is 6.34. The number of halogens is 2. The highest BCUT2D eigenvalue weighted by molar-refractivity contribution is 14.0. The lowest BCUT2D eigenvalue weighted by atomic mass is 10.1. The number of benzene rings is 1. The first-order valence-electron chi connectivity index (χ1n) is 7.44. The Morgan fingerprint density at radius 1 is 1.18 bits per heavy atom. The molecule has 0 aliphatic rings. The molecule has 126 valence electrons. The molecule has 2 N–H and O–H groups in total. The van der Waals surface area contributed by atoms with E-state index in [0.717, 1.165) is 43.9 Å². The zero-order valence-corrected chi connectivity index (χ0v) is 16.5. The van der Waals surface area contributed by atoms with E-state index in [4.69, 9.17) is 0 Å². The van der Waals surface area contributed by atoms with Crippen LogP contribution in [0.4, 0.5) is 4.39 Å². The van der Waals surface area contributed by atoms with E-state index in [1.54, 1.807) is 19.2 Å². The molecule has 22 heavy (non-hydrogen) atoms. The maximum atomic E-state index is 13.0. The largest absolute Gasteiger partial charge is 0.356 e. The van der Waals surface area contributed by atoms with Crippen LogP contribution in [-0.4, -0.2) is 38.1 Å². The normalized spacial score (nSPS) is 11.0. The lowest BCUT2D eigenvalue weighted by molar-refractivity contribution is 0.624. The molecule has 1 aromatic rings. The predicted molar refractivity (Wildman–Crippen MR) is 107 cm³/mol. The molecule has 0 atom stereocenters. The van der Waals surface area contributed by atoms with Crippen LogP contribution >= 0.6 is 35.7 Å². The summed E-state index contributed by atoms with van der Waals surface area (Å²) in [6.45, 7) is 1.78. The van der Waals surface area contributed by atoms with Crippen molar-refractivity contribution < 1.29 is 4.39 Å². The van der Waals surface area contributed by atoms with Crippen molar-refractivity contribution in [1.29, 1.82) is 0 Å². The second kappa shape index (κ2) is 14.1. The van der Waals surface area contributed by atoms with Gasteiger partial charge in [0.2, 0.25) is 0 Å². The van der Waals surface area contributed by atoms with Crippen molar-refractivity contribution in [2.45, 2.75) is 25.7 Å². The standard InChI is InChI=1S/C16H26FN3S.HI/c1-18-16(19-10-3-4-12-21-2)20-11-6-8-14-7-5-9-15(17)13-14;/h5,7,9,13H,3-4,6,8,10-12H2,1-2H3,(H2,18,19,20);1H. The summed E-state index contributed by atoms with van der Waals surface area (Å²) < 4.78 is 13.0. The minimum atomic E-state index is -0.164. The Hall–Kier alpha value is -0.500. The molecule has 6 heteroatoms. The minimum absolute atomic E-state index is 0. The Labute approximate surface area is 155 Å². The molecule has 0 saturated heterocycles. The SMILES string of the molecule is CN=C(NCCCCSC)NCCCc1cccc(F)c1.I. The van der Waals surface area contributed by atoms with Gasteiger partial charge in [-0.25, -0.2) is 4.39 Å². The Morgan fingerprint density at radius 3 is 2.55 bits per heavy atom. The van der Waals surface area contributed by atoms with Crippen LogP contribution in [0.2, 0.25) is 0 Å². The van der Waals surface area contributed by atoms with Gasteiger partial charge in [-0.15, -0.1) is 24.0 Å². The zero-order valence-electron chi connectivity index (χ0n) is 13.4. The molecule has 0 amide bonds. The van der Waals surface area contributed by atoms with Crippen molar-refractivity contribution in [1.82, 2.24) is 10.6 Å².